The number of aryl methyl sites for hydroxylation is 2. The first-order valence-electron chi connectivity index (χ1n) is 12.6. The average Bonchev–Trinajstić information content (AvgIpc) is 2.91. The molecule has 0 bridgehead atoms. The summed E-state index contributed by atoms with van der Waals surface area (Å²) < 4.78 is 28.8. The number of benzene rings is 3. The van der Waals surface area contributed by atoms with E-state index in [2.05, 4.69) is 5.32 Å². The van der Waals surface area contributed by atoms with Gasteiger partial charge < -0.3 is 10.2 Å². The first-order chi connectivity index (χ1) is 18.4. The monoisotopic (exact) mass is 589 g/mol. The summed E-state index contributed by atoms with van der Waals surface area (Å²) in [6.07, 6.45) is 0.733. The van der Waals surface area contributed by atoms with E-state index in [1.807, 2.05) is 26.8 Å². The van der Waals surface area contributed by atoms with Crippen LogP contribution in [0.25, 0.3) is 0 Å². The Morgan fingerprint density at radius 3 is 2.23 bits per heavy atom. The van der Waals surface area contributed by atoms with Gasteiger partial charge in [-0.2, -0.15) is 0 Å². The van der Waals surface area contributed by atoms with Crippen molar-refractivity contribution >= 4 is 50.7 Å². The minimum absolute atomic E-state index is 0.00989. The van der Waals surface area contributed by atoms with E-state index in [0.29, 0.717) is 27.8 Å². The van der Waals surface area contributed by atoms with Crippen LogP contribution in [0.2, 0.25) is 10.0 Å². The van der Waals surface area contributed by atoms with E-state index in [4.69, 9.17) is 23.2 Å². The lowest BCUT2D eigenvalue weighted by Gasteiger charge is -2.32. The van der Waals surface area contributed by atoms with Gasteiger partial charge in [0, 0.05) is 23.1 Å². The van der Waals surface area contributed by atoms with Crippen LogP contribution >= 0.6 is 23.2 Å². The van der Waals surface area contributed by atoms with E-state index in [9.17, 15) is 18.0 Å². The topological polar surface area (TPSA) is 86.8 Å². The largest absolute Gasteiger partial charge is 0.354 e. The quantitative estimate of drug-likeness (QED) is 0.308. The number of hydrogen-bond acceptors (Lipinski definition) is 4. The predicted molar refractivity (Wildman–Crippen MR) is 157 cm³/mol. The smallest absolute Gasteiger partial charge is 0.264 e. The van der Waals surface area contributed by atoms with Crippen LogP contribution in [0.5, 0.6) is 0 Å². The molecular weight excluding hydrogens is 557 g/mol. The summed E-state index contributed by atoms with van der Waals surface area (Å²) in [4.78, 5) is 28.2. The van der Waals surface area contributed by atoms with Crippen LogP contribution in [0.3, 0.4) is 0 Å². The highest BCUT2D eigenvalue weighted by molar-refractivity contribution is 7.92. The first-order valence-corrected chi connectivity index (χ1v) is 14.8. The molecule has 0 aliphatic carbocycles. The van der Waals surface area contributed by atoms with Gasteiger partial charge in [0.15, 0.2) is 0 Å². The number of anilines is 1. The molecule has 0 aliphatic rings. The SMILES string of the molecule is CCCNC(=O)C(C)N(Cc1ccccc1Cl)C(=O)CN(c1ccc(C)c(C)c1)S(=O)(=O)c1ccc(Cl)cc1. The molecule has 0 saturated heterocycles. The van der Waals surface area contributed by atoms with Gasteiger partial charge in [-0.25, -0.2) is 8.42 Å². The molecule has 3 rings (SSSR count). The standard InChI is InChI=1S/C29H33Cl2N3O4S/c1-5-16-32-29(36)22(4)33(18-23-8-6-7-9-27(23)31)28(35)19-34(25-13-10-20(2)21(3)17-25)39(37,38)26-14-11-24(30)12-15-26/h6-15,17,22H,5,16,18-19H2,1-4H3,(H,32,36). The van der Waals surface area contributed by atoms with Gasteiger partial charge in [0.2, 0.25) is 11.8 Å². The fourth-order valence-corrected chi connectivity index (χ4v) is 5.66. The lowest BCUT2D eigenvalue weighted by molar-refractivity contribution is -0.139. The van der Waals surface area contributed by atoms with E-state index < -0.39 is 28.5 Å². The van der Waals surface area contributed by atoms with Crippen LogP contribution in [-0.4, -0.2) is 44.3 Å². The summed E-state index contributed by atoms with van der Waals surface area (Å²) in [5.41, 5.74) is 2.83. The Bertz CT molecular complexity index is 1430. The molecule has 7 nitrogen and oxygen atoms in total. The van der Waals surface area contributed by atoms with Crippen LogP contribution in [0.1, 0.15) is 37.0 Å². The fourth-order valence-electron chi connectivity index (χ4n) is 3.93. The minimum Gasteiger partial charge on any atom is -0.354 e. The zero-order valence-electron chi connectivity index (χ0n) is 22.4. The van der Waals surface area contributed by atoms with Gasteiger partial charge in [-0.3, -0.25) is 13.9 Å². The Kier molecular flexibility index (Phi) is 10.4. The Morgan fingerprint density at radius 2 is 1.62 bits per heavy atom. The maximum Gasteiger partial charge on any atom is 0.264 e. The zero-order valence-corrected chi connectivity index (χ0v) is 24.8. The molecule has 0 radical (unpaired) electrons. The van der Waals surface area contributed by atoms with Crippen LogP contribution in [0, 0.1) is 13.8 Å². The van der Waals surface area contributed by atoms with Crippen molar-refractivity contribution in [3.05, 3.63) is 93.5 Å². The third kappa shape index (κ3) is 7.53. The molecule has 0 spiro atoms. The highest BCUT2D eigenvalue weighted by Gasteiger charge is 2.32. The maximum atomic E-state index is 13.9. The molecule has 1 atom stereocenters. The summed E-state index contributed by atoms with van der Waals surface area (Å²) in [5.74, 6) is -0.889. The molecule has 0 fully saturated rings. The number of amides is 2. The Hall–Kier alpha value is -3.07. The van der Waals surface area contributed by atoms with Gasteiger partial charge in [-0.15, -0.1) is 0 Å². The van der Waals surface area contributed by atoms with Crippen molar-refractivity contribution in [2.45, 2.75) is 51.6 Å². The fraction of sp³-hybridized carbons (Fsp3) is 0.310. The molecule has 0 aromatic heterocycles. The number of rotatable bonds is 11. The normalized spacial score (nSPS) is 12.1. The van der Waals surface area contributed by atoms with E-state index >= 15 is 0 Å². The Labute approximate surface area is 240 Å². The summed E-state index contributed by atoms with van der Waals surface area (Å²) in [5, 5.41) is 3.65. The van der Waals surface area contributed by atoms with Crippen LogP contribution in [0.15, 0.2) is 71.6 Å². The summed E-state index contributed by atoms with van der Waals surface area (Å²) in [6.45, 7) is 7.30. The van der Waals surface area contributed by atoms with Crippen molar-refractivity contribution in [3.63, 3.8) is 0 Å². The molecule has 39 heavy (non-hydrogen) atoms. The Balaban J connectivity index is 2.05. The molecular formula is C29H33Cl2N3O4S. The van der Waals surface area contributed by atoms with Crippen LogP contribution < -0.4 is 9.62 Å². The third-order valence-corrected chi connectivity index (χ3v) is 8.88. The van der Waals surface area contributed by atoms with Crippen molar-refractivity contribution in [2.75, 3.05) is 17.4 Å². The maximum absolute atomic E-state index is 13.9. The highest BCUT2D eigenvalue weighted by Crippen LogP contribution is 2.27. The van der Waals surface area contributed by atoms with Gasteiger partial charge in [0.1, 0.15) is 12.6 Å². The molecule has 10 heteroatoms. The van der Waals surface area contributed by atoms with Gasteiger partial charge >= 0.3 is 0 Å². The molecule has 1 N–H and O–H groups in total. The van der Waals surface area contributed by atoms with Crippen molar-refractivity contribution < 1.29 is 18.0 Å². The number of nitrogens with zero attached hydrogens (tertiary/aromatic N) is 2. The summed E-state index contributed by atoms with van der Waals surface area (Å²) in [6, 6.07) is 17.1. The molecule has 1 unspecified atom stereocenters. The predicted octanol–water partition coefficient (Wildman–Crippen LogP) is 5.75. The summed E-state index contributed by atoms with van der Waals surface area (Å²) >= 11 is 12.4. The van der Waals surface area contributed by atoms with Crippen molar-refractivity contribution in [2.24, 2.45) is 0 Å². The van der Waals surface area contributed by atoms with E-state index in [1.54, 1.807) is 43.3 Å². The number of sulfonamides is 1. The van der Waals surface area contributed by atoms with E-state index in [0.717, 1.165) is 21.9 Å². The van der Waals surface area contributed by atoms with Gasteiger partial charge in [-0.05, 0) is 86.3 Å². The lowest BCUT2D eigenvalue weighted by Crippen LogP contribution is -2.51. The average molecular weight is 591 g/mol. The second kappa shape index (κ2) is 13.3. The summed E-state index contributed by atoms with van der Waals surface area (Å²) in [7, 11) is -4.17. The van der Waals surface area contributed by atoms with Crippen molar-refractivity contribution in [3.8, 4) is 0 Å². The lowest BCUT2D eigenvalue weighted by atomic mass is 10.1. The highest BCUT2D eigenvalue weighted by atomic mass is 35.5. The van der Waals surface area contributed by atoms with Crippen LogP contribution in [-0.2, 0) is 26.2 Å². The number of hydrogen-bond donors (Lipinski definition) is 1. The van der Waals surface area contributed by atoms with Gasteiger partial charge in [0.05, 0.1) is 10.6 Å². The second-order valence-corrected chi connectivity index (χ2v) is 12.0. The second-order valence-electron chi connectivity index (χ2n) is 9.31. The van der Waals surface area contributed by atoms with Gasteiger partial charge in [0.25, 0.3) is 10.0 Å². The molecule has 3 aromatic carbocycles. The molecule has 0 saturated carbocycles. The molecule has 2 amide bonds. The zero-order chi connectivity index (χ0) is 28.7. The number of carbonyl (C=O) groups is 2. The Morgan fingerprint density at radius 1 is 0.949 bits per heavy atom. The number of carbonyl (C=O) groups excluding carboxylic acids is 2. The third-order valence-electron chi connectivity index (χ3n) is 6.47. The van der Waals surface area contributed by atoms with E-state index in [1.165, 1.54) is 29.2 Å². The number of halogens is 2. The van der Waals surface area contributed by atoms with Gasteiger partial charge in [-0.1, -0.05) is 54.4 Å². The minimum atomic E-state index is -4.17. The van der Waals surface area contributed by atoms with Crippen molar-refractivity contribution in [1.82, 2.24) is 10.2 Å². The first kappa shape index (κ1) is 30.5. The van der Waals surface area contributed by atoms with Crippen LogP contribution in [0.4, 0.5) is 5.69 Å². The molecule has 3 aromatic rings. The number of nitrogens with one attached hydrogen (secondary N) is 1. The molecule has 208 valence electrons. The van der Waals surface area contributed by atoms with Crippen molar-refractivity contribution in [1.29, 1.82) is 0 Å². The molecule has 0 aliphatic heterocycles. The van der Waals surface area contributed by atoms with E-state index in [-0.39, 0.29) is 17.3 Å². The molecule has 0 heterocycles.